The first-order chi connectivity index (χ1) is 12.3. The van der Waals surface area contributed by atoms with E-state index in [-0.39, 0.29) is 40.3 Å². The number of aromatic nitrogens is 4. The molecule has 0 saturated carbocycles. The van der Waals surface area contributed by atoms with E-state index in [4.69, 9.17) is 21.1 Å². The Morgan fingerprint density at radius 2 is 1.96 bits per heavy atom. The van der Waals surface area contributed by atoms with E-state index < -0.39 is 5.97 Å². The van der Waals surface area contributed by atoms with Crippen molar-refractivity contribution >= 4 is 40.9 Å². The quantitative estimate of drug-likeness (QED) is 0.484. The van der Waals surface area contributed by atoms with Crippen LogP contribution >= 0.6 is 23.4 Å². The SMILES string of the molecule is COc1cc(-n2nnnc2SCC(C)=O)c(Cl)cc1C(=O)OCC(C)=O. The third-order valence-corrected chi connectivity index (χ3v) is 4.34. The number of ketones is 2. The average Bonchev–Trinajstić information content (AvgIpc) is 3.05. The maximum Gasteiger partial charge on any atom is 0.342 e. The van der Waals surface area contributed by atoms with Crippen molar-refractivity contribution in [2.45, 2.75) is 19.0 Å². The number of carbonyl (C=O) groups excluding carboxylic acids is 3. The fraction of sp³-hybridized carbons (Fsp3) is 0.333. The average molecular weight is 399 g/mol. The molecule has 11 heteroatoms. The first-order valence-corrected chi connectivity index (χ1v) is 8.65. The van der Waals surface area contributed by atoms with Crippen molar-refractivity contribution in [1.29, 1.82) is 0 Å². The number of thioether (sulfide) groups is 1. The van der Waals surface area contributed by atoms with Gasteiger partial charge in [0.2, 0.25) is 5.16 Å². The molecule has 2 rings (SSSR count). The molecule has 0 unspecified atom stereocenters. The van der Waals surface area contributed by atoms with Crippen LogP contribution in [0, 0.1) is 0 Å². The Balaban J connectivity index is 2.38. The molecule has 2 aromatic rings. The number of carbonyl (C=O) groups is 3. The largest absolute Gasteiger partial charge is 0.496 e. The van der Waals surface area contributed by atoms with Gasteiger partial charge in [0.05, 0.1) is 23.6 Å². The van der Waals surface area contributed by atoms with Crippen LogP contribution < -0.4 is 4.74 Å². The minimum atomic E-state index is -0.742. The number of esters is 1. The summed E-state index contributed by atoms with van der Waals surface area (Å²) in [6, 6.07) is 2.82. The summed E-state index contributed by atoms with van der Waals surface area (Å²) in [7, 11) is 1.37. The van der Waals surface area contributed by atoms with Crippen LogP contribution in [0.5, 0.6) is 5.75 Å². The summed E-state index contributed by atoms with van der Waals surface area (Å²) in [5.74, 6) is -0.688. The van der Waals surface area contributed by atoms with Gasteiger partial charge in [0, 0.05) is 6.07 Å². The van der Waals surface area contributed by atoms with Gasteiger partial charge in [-0.2, -0.15) is 4.68 Å². The topological polar surface area (TPSA) is 113 Å². The summed E-state index contributed by atoms with van der Waals surface area (Å²) in [5.41, 5.74) is 0.427. The molecule has 0 spiro atoms. The highest BCUT2D eigenvalue weighted by atomic mass is 35.5. The van der Waals surface area contributed by atoms with E-state index in [2.05, 4.69) is 15.5 Å². The molecule has 0 bridgehead atoms. The summed E-state index contributed by atoms with van der Waals surface area (Å²) in [5, 5.41) is 11.8. The maximum absolute atomic E-state index is 12.1. The predicted octanol–water partition coefficient (Wildman–Crippen LogP) is 1.75. The summed E-state index contributed by atoms with van der Waals surface area (Å²) in [6.07, 6.45) is 0. The Hall–Kier alpha value is -2.46. The van der Waals surface area contributed by atoms with Gasteiger partial charge in [0.1, 0.15) is 23.7 Å². The van der Waals surface area contributed by atoms with E-state index in [0.29, 0.717) is 10.8 Å². The molecule has 0 saturated heterocycles. The molecule has 0 amide bonds. The zero-order valence-electron chi connectivity index (χ0n) is 14.2. The highest BCUT2D eigenvalue weighted by Crippen LogP contribution is 2.31. The lowest BCUT2D eigenvalue weighted by molar-refractivity contribution is -0.120. The number of benzene rings is 1. The van der Waals surface area contributed by atoms with Gasteiger partial charge in [-0.1, -0.05) is 23.4 Å². The minimum absolute atomic E-state index is 0.0307. The number of methoxy groups -OCH3 is 1. The number of Topliss-reactive ketones (excluding diaryl/α,β-unsaturated/α-hetero) is 2. The zero-order chi connectivity index (χ0) is 19.3. The summed E-state index contributed by atoms with van der Waals surface area (Å²) in [6.45, 7) is 2.41. The van der Waals surface area contributed by atoms with E-state index in [1.807, 2.05) is 0 Å². The lowest BCUT2D eigenvalue weighted by atomic mass is 10.1. The van der Waals surface area contributed by atoms with E-state index >= 15 is 0 Å². The Bertz CT molecular complexity index is 855. The van der Waals surface area contributed by atoms with Gasteiger partial charge in [-0.15, -0.1) is 5.10 Å². The molecule has 0 aliphatic rings. The van der Waals surface area contributed by atoms with E-state index in [1.165, 1.54) is 37.8 Å². The van der Waals surface area contributed by atoms with E-state index in [0.717, 1.165) is 11.8 Å². The van der Waals surface area contributed by atoms with Crippen LogP contribution in [0.1, 0.15) is 24.2 Å². The van der Waals surface area contributed by atoms with Crippen LogP contribution in [0.2, 0.25) is 5.02 Å². The van der Waals surface area contributed by atoms with Crippen molar-refractivity contribution in [1.82, 2.24) is 20.2 Å². The number of hydrogen-bond donors (Lipinski definition) is 0. The molecular formula is C15H15ClN4O5S. The van der Waals surface area contributed by atoms with E-state index in [9.17, 15) is 14.4 Å². The molecule has 0 aliphatic carbocycles. The summed E-state index contributed by atoms with van der Waals surface area (Å²) >= 11 is 7.42. The number of tetrazole rings is 1. The smallest absolute Gasteiger partial charge is 0.342 e. The zero-order valence-corrected chi connectivity index (χ0v) is 15.8. The molecule has 26 heavy (non-hydrogen) atoms. The van der Waals surface area contributed by atoms with Crippen LogP contribution in [0.25, 0.3) is 5.69 Å². The number of rotatable bonds is 8. The van der Waals surface area contributed by atoms with Crippen LogP contribution in [-0.2, 0) is 14.3 Å². The molecule has 9 nitrogen and oxygen atoms in total. The maximum atomic E-state index is 12.1. The first-order valence-electron chi connectivity index (χ1n) is 7.28. The fourth-order valence-corrected chi connectivity index (χ4v) is 2.79. The van der Waals surface area contributed by atoms with Gasteiger partial charge >= 0.3 is 5.97 Å². The molecule has 0 fully saturated rings. The number of ether oxygens (including phenoxy) is 2. The second-order valence-electron chi connectivity index (χ2n) is 5.15. The van der Waals surface area contributed by atoms with Crippen molar-refractivity contribution in [2.75, 3.05) is 19.5 Å². The lowest BCUT2D eigenvalue weighted by Gasteiger charge is -2.12. The first kappa shape index (κ1) is 19.9. The summed E-state index contributed by atoms with van der Waals surface area (Å²) < 4.78 is 11.4. The molecule has 0 radical (unpaired) electrons. The van der Waals surface area contributed by atoms with Crippen molar-refractivity contribution in [2.24, 2.45) is 0 Å². The normalized spacial score (nSPS) is 10.5. The van der Waals surface area contributed by atoms with Gasteiger partial charge in [0.15, 0.2) is 5.78 Å². The molecule has 0 N–H and O–H groups in total. The van der Waals surface area contributed by atoms with Gasteiger partial charge in [-0.25, -0.2) is 4.79 Å². The van der Waals surface area contributed by atoms with Gasteiger partial charge in [-0.3, -0.25) is 9.59 Å². The minimum Gasteiger partial charge on any atom is -0.496 e. The van der Waals surface area contributed by atoms with Crippen molar-refractivity contribution in [3.8, 4) is 11.4 Å². The van der Waals surface area contributed by atoms with Crippen LogP contribution in [0.15, 0.2) is 17.3 Å². The molecule has 0 atom stereocenters. The van der Waals surface area contributed by atoms with Gasteiger partial charge < -0.3 is 9.47 Å². The fourth-order valence-electron chi connectivity index (χ4n) is 1.86. The number of halogens is 1. The second kappa shape index (κ2) is 8.77. The van der Waals surface area contributed by atoms with Crippen LogP contribution in [0.4, 0.5) is 0 Å². The van der Waals surface area contributed by atoms with Gasteiger partial charge in [-0.05, 0) is 30.3 Å². The van der Waals surface area contributed by atoms with Crippen LogP contribution in [0.3, 0.4) is 0 Å². The summed E-state index contributed by atoms with van der Waals surface area (Å²) in [4.78, 5) is 34.3. The third kappa shape index (κ3) is 4.79. The molecule has 1 aromatic carbocycles. The highest BCUT2D eigenvalue weighted by Gasteiger charge is 2.21. The molecular weight excluding hydrogens is 384 g/mol. The molecule has 1 aromatic heterocycles. The Kier molecular flexibility index (Phi) is 6.70. The number of hydrogen-bond acceptors (Lipinski definition) is 9. The Labute approximate surface area is 158 Å². The lowest BCUT2D eigenvalue weighted by Crippen LogP contribution is -2.13. The highest BCUT2D eigenvalue weighted by molar-refractivity contribution is 7.99. The predicted molar refractivity (Wildman–Crippen MR) is 93.1 cm³/mol. The second-order valence-corrected chi connectivity index (χ2v) is 6.50. The number of nitrogens with zero attached hydrogens (tertiary/aromatic N) is 4. The molecule has 1 heterocycles. The monoisotopic (exact) mass is 398 g/mol. The van der Waals surface area contributed by atoms with E-state index in [1.54, 1.807) is 0 Å². The standard InChI is InChI=1S/C15H15ClN4O5S/c1-8(21)6-25-14(23)10-4-11(16)12(5-13(10)24-3)20-15(17-18-19-20)26-7-9(2)22/h4-5H,6-7H2,1-3H3. The third-order valence-electron chi connectivity index (χ3n) is 2.97. The van der Waals surface area contributed by atoms with Crippen molar-refractivity contribution in [3.05, 3.63) is 22.7 Å². The molecule has 0 aliphatic heterocycles. The van der Waals surface area contributed by atoms with Gasteiger partial charge in [0.25, 0.3) is 0 Å². The van der Waals surface area contributed by atoms with Crippen LogP contribution in [-0.4, -0.2) is 57.2 Å². The Morgan fingerprint density at radius 1 is 1.23 bits per heavy atom. The van der Waals surface area contributed by atoms with Crippen molar-refractivity contribution in [3.63, 3.8) is 0 Å². The Morgan fingerprint density at radius 3 is 2.58 bits per heavy atom. The van der Waals surface area contributed by atoms with Crippen molar-refractivity contribution < 1.29 is 23.9 Å². The molecule has 138 valence electrons.